The summed E-state index contributed by atoms with van der Waals surface area (Å²) in [4.78, 5) is 0. The van der Waals surface area contributed by atoms with Crippen molar-refractivity contribution < 1.29 is 54.6 Å². The van der Waals surface area contributed by atoms with Crippen LogP contribution in [0.15, 0.2) is 186 Å². The molecule has 0 N–H and O–H groups in total. The molecule has 0 fully saturated rings. The Morgan fingerprint density at radius 1 is 0.589 bits per heavy atom. The summed E-state index contributed by atoms with van der Waals surface area (Å²) in [5.74, 6) is -0.189. The Morgan fingerprint density at radius 3 is 1.36 bits per heavy atom. The molecule has 282 valence electrons. The third-order valence-corrected chi connectivity index (χ3v) is 22.9. The van der Waals surface area contributed by atoms with Crippen LogP contribution in [0, 0.1) is 11.6 Å². The molecule has 4 aromatic carbocycles. The molecule has 2 atom stereocenters. The molecule has 0 bridgehead atoms. The number of hydrogen-bond donors (Lipinski definition) is 0. The van der Waals surface area contributed by atoms with Gasteiger partial charge in [-0.05, 0) is 0 Å². The molecule has 0 nitrogen and oxygen atoms in total. The molecule has 56 heavy (non-hydrogen) atoms. The van der Waals surface area contributed by atoms with Gasteiger partial charge < -0.3 is 24.8 Å². The second-order valence-electron chi connectivity index (χ2n) is 14.9. The van der Waals surface area contributed by atoms with E-state index in [1.54, 1.807) is 22.0 Å². The minimum Gasteiger partial charge on any atom is -1.00 e. The second-order valence-corrected chi connectivity index (χ2v) is 24.8. The van der Waals surface area contributed by atoms with Crippen LogP contribution in [0.4, 0.5) is 8.78 Å². The molecule has 0 saturated heterocycles. The van der Waals surface area contributed by atoms with E-state index in [0.717, 1.165) is 47.9 Å². The maximum absolute atomic E-state index is 15.8. The Bertz CT molecular complexity index is 2270. The Hall–Kier alpha value is -4.02. The number of halogens is 4. The van der Waals surface area contributed by atoms with Gasteiger partial charge in [0.2, 0.25) is 0 Å². The standard InChI is InChI=1S/2C24H20F.C3H6.2ClH.Hf/c2*1-2-17-14-19-10-6-7-11-21(23(19)15-17)20-12-13-22(24(25)16-20)18-8-4-3-5-9-18;1-3-2;;;/h2*3-10,12-13,15-16,21H,2,11H2,1H3;1-2H3;2*1H;/q;;;;;+2/p-2. The van der Waals surface area contributed by atoms with E-state index in [-0.39, 0.29) is 48.3 Å². The Morgan fingerprint density at radius 2 is 1.00 bits per heavy atom. The molecule has 0 spiro atoms. The molecule has 4 aliphatic rings. The SMILES string of the molecule is CCC1=[C]([Hf+2]([C]2=C(CC)C=C3C2=CC=CCC3c2ccc(-c3ccccc3)c(F)c2)=[C](C)C)C2=CC=CCC(c3ccc(-c4ccccc4)c(F)c3)C2=C1.[Cl-].[Cl-]. The average Bonchev–Trinajstić information content (AvgIpc) is 3.54. The summed E-state index contributed by atoms with van der Waals surface area (Å²) in [5, 5.41) is 0. The molecule has 4 aromatic rings. The first-order valence-corrected chi connectivity index (χ1v) is 24.8. The first-order valence-electron chi connectivity index (χ1n) is 19.4. The molecule has 5 heteroatoms. The van der Waals surface area contributed by atoms with E-state index < -0.39 is 21.0 Å². The predicted molar refractivity (Wildman–Crippen MR) is 220 cm³/mol. The zero-order valence-corrected chi connectivity index (χ0v) is 37.5. The van der Waals surface area contributed by atoms with Crippen LogP contribution in [-0.4, -0.2) is 3.26 Å². The fourth-order valence-corrected chi connectivity index (χ4v) is 21.0. The first kappa shape index (κ1) is 41.6. The summed E-state index contributed by atoms with van der Waals surface area (Å²) in [7, 11) is 0. The van der Waals surface area contributed by atoms with Gasteiger partial charge in [0.1, 0.15) is 0 Å². The van der Waals surface area contributed by atoms with Gasteiger partial charge in [0.25, 0.3) is 0 Å². The Labute approximate surface area is 351 Å². The fraction of sp³-hybridized carbons (Fsp3) is 0.196. The third-order valence-electron chi connectivity index (χ3n) is 11.5. The summed E-state index contributed by atoms with van der Waals surface area (Å²) in [6.07, 6.45) is 22.2. The summed E-state index contributed by atoms with van der Waals surface area (Å²) < 4.78 is 36.4. The minimum absolute atomic E-state index is 0. The Balaban J connectivity index is 0.00000266. The van der Waals surface area contributed by atoms with E-state index in [4.69, 9.17) is 0 Å². The van der Waals surface area contributed by atoms with Crippen LogP contribution in [0.25, 0.3) is 22.3 Å². The van der Waals surface area contributed by atoms with Crippen LogP contribution in [-0.2, 0) is 21.0 Å². The molecule has 4 aliphatic carbocycles. The van der Waals surface area contributed by atoms with Crippen LogP contribution in [0.2, 0.25) is 0 Å². The predicted octanol–water partition coefficient (Wildman–Crippen LogP) is 7.99. The van der Waals surface area contributed by atoms with Crippen molar-refractivity contribution in [2.45, 2.75) is 65.2 Å². The number of allylic oxidation sites excluding steroid dienone is 16. The van der Waals surface area contributed by atoms with Crippen molar-refractivity contribution in [1.29, 1.82) is 0 Å². The van der Waals surface area contributed by atoms with E-state index in [1.807, 2.05) is 72.8 Å². The van der Waals surface area contributed by atoms with Crippen molar-refractivity contribution in [2.24, 2.45) is 0 Å². The van der Waals surface area contributed by atoms with E-state index >= 15 is 8.78 Å². The number of rotatable bonds is 8. The third kappa shape index (κ3) is 7.80. The molecule has 0 radical (unpaired) electrons. The Kier molecular flexibility index (Phi) is 13.4. The average molecular weight is 946 g/mol. The fourth-order valence-electron chi connectivity index (χ4n) is 8.86. The van der Waals surface area contributed by atoms with Gasteiger partial charge in [-0.1, -0.05) is 0 Å². The van der Waals surface area contributed by atoms with Gasteiger partial charge in [-0.2, -0.15) is 0 Å². The van der Waals surface area contributed by atoms with Crippen LogP contribution in [0.3, 0.4) is 0 Å². The maximum Gasteiger partial charge on any atom is -1.00 e. The molecule has 2 unspecified atom stereocenters. The summed E-state index contributed by atoms with van der Waals surface area (Å²) in [6, 6.07) is 31.4. The van der Waals surface area contributed by atoms with Crippen LogP contribution >= 0.6 is 0 Å². The first-order chi connectivity index (χ1) is 26.4. The molecular weight excluding hydrogens is 900 g/mol. The molecular formula is C51H46Cl2F2Hf. The second kappa shape index (κ2) is 18.1. The molecule has 0 amide bonds. The molecule has 0 aromatic heterocycles. The van der Waals surface area contributed by atoms with Gasteiger partial charge in [0.15, 0.2) is 0 Å². The minimum atomic E-state index is -3.00. The molecule has 8 rings (SSSR count). The maximum atomic E-state index is 15.8. The molecule has 0 heterocycles. The molecule has 0 aliphatic heterocycles. The van der Waals surface area contributed by atoms with E-state index in [2.05, 4.69) is 88.4 Å². The topological polar surface area (TPSA) is 0 Å². The zero-order chi connectivity index (χ0) is 37.3. The number of hydrogen-bond acceptors (Lipinski definition) is 0. The van der Waals surface area contributed by atoms with Crippen LogP contribution in [0.1, 0.15) is 76.3 Å². The zero-order valence-electron chi connectivity index (χ0n) is 32.4. The van der Waals surface area contributed by atoms with E-state index in [1.165, 1.54) is 33.4 Å². The van der Waals surface area contributed by atoms with Gasteiger partial charge >= 0.3 is 329 Å². The number of benzene rings is 4. The summed E-state index contributed by atoms with van der Waals surface area (Å²) in [6.45, 7) is 9.30. The van der Waals surface area contributed by atoms with Crippen LogP contribution < -0.4 is 24.8 Å². The summed E-state index contributed by atoms with van der Waals surface area (Å²) in [5.41, 5.74) is 13.4. The monoisotopic (exact) mass is 946 g/mol. The van der Waals surface area contributed by atoms with Gasteiger partial charge in [-0.25, -0.2) is 0 Å². The smallest absolute Gasteiger partial charge is 1.00 e. The quantitative estimate of drug-likeness (QED) is 0.157. The van der Waals surface area contributed by atoms with Crippen molar-refractivity contribution in [2.75, 3.05) is 0 Å². The van der Waals surface area contributed by atoms with Crippen molar-refractivity contribution >= 4 is 3.26 Å². The normalized spacial score (nSPS) is 18.2. The van der Waals surface area contributed by atoms with Gasteiger partial charge in [-0.3, -0.25) is 0 Å². The van der Waals surface area contributed by atoms with Crippen molar-refractivity contribution in [3.05, 3.63) is 209 Å². The van der Waals surface area contributed by atoms with Crippen molar-refractivity contribution in [3.8, 4) is 22.3 Å². The van der Waals surface area contributed by atoms with Crippen molar-refractivity contribution in [3.63, 3.8) is 0 Å². The molecule has 0 saturated carbocycles. The van der Waals surface area contributed by atoms with Gasteiger partial charge in [-0.15, -0.1) is 0 Å². The largest absolute Gasteiger partial charge is 1.00 e. The van der Waals surface area contributed by atoms with Gasteiger partial charge in [0, 0.05) is 0 Å². The van der Waals surface area contributed by atoms with Crippen molar-refractivity contribution in [1.82, 2.24) is 0 Å². The van der Waals surface area contributed by atoms with Gasteiger partial charge in [0.05, 0.1) is 0 Å². The number of fused-ring (bicyclic) bond motifs is 2. The van der Waals surface area contributed by atoms with Crippen LogP contribution in [0.5, 0.6) is 0 Å². The summed E-state index contributed by atoms with van der Waals surface area (Å²) >= 11 is -3.00. The van der Waals surface area contributed by atoms with E-state index in [0.29, 0.717) is 11.1 Å². The van der Waals surface area contributed by atoms with E-state index in [9.17, 15) is 0 Å².